The zero-order chi connectivity index (χ0) is 19.8. The SMILES string of the molecule is N#Cc1ccc(-c2cnc(NCc3c(F)ccc4c3CCO4)n3cnnc23)cn1. The Morgan fingerprint density at radius 1 is 1.21 bits per heavy atom. The molecule has 9 heteroatoms. The fourth-order valence-electron chi connectivity index (χ4n) is 3.45. The highest BCUT2D eigenvalue weighted by atomic mass is 19.1. The quantitative estimate of drug-likeness (QED) is 0.574. The monoisotopic (exact) mass is 387 g/mol. The number of hydrogen-bond donors (Lipinski definition) is 1. The van der Waals surface area contributed by atoms with Crippen LogP contribution in [0.25, 0.3) is 16.8 Å². The van der Waals surface area contributed by atoms with Crippen molar-refractivity contribution in [3.05, 3.63) is 65.6 Å². The van der Waals surface area contributed by atoms with Crippen LogP contribution in [-0.4, -0.2) is 31.2 Å². The van der Waals surface area contributed by atoms with E-state index in [1.807, 2.05) is 6.07 Å². The number of pyridine rings is 1. The van der Waals surface area contributed by atoms with Gasteiger partial charge in [-0.15, -0.1) is 10.2 Å². The number of fused-ring (bicyclic) bond motifs is 2. The Balaban J connectivity index is 1.48. The molecule has 0 radical (unpaired) electrons. The van der Waals surface area contributed by atoms with E-state index in [-0.39, 0.29) is 12.4 Å². The Morgan fingerprint density at radius 2 is 2.14 bits per heavy atom. The lowest BCUT2D eigenvalue weighted by molar-refractivity contribution is 0.356. The second-order valence-corrected chi connectivity index (χ2v) is 6.52. The van der Waals surface area contributed by atoms with E-state index in [0.717, 1.165) is 22.4 Å². The number of hydrogen-bond acceptors (Lipinski definition) is 7. The summed E-state index contributed by atoms with van der Waals surface area (Å²) in [4.78, 5) is 8.55. The van der Waals surface area contributed by atoms with E-state index >= 15 is 0 Å². The Kier molecular flexibility index (Phi) is 4.02. The Morgan fingerprint density at radius 3 is 2.97 bits per heavy atom. The zero-order valence-corrected chi connectivity index (χ0v) is 15.1. The van der Waals surface area contributed by atoms with Gasteiger partial charge in [0.1, 0.15) is 29.7 Å². The van der Waals surface area contributed by atoms with E-state index < -0.39 is 0 Å². The predicted molar refractivity (Wildman–Crippen MR) is 102 cm³/mol. The molecule has 142 valence electrons. The minimum atomic E-state index is -0.276. The van der Waals surface area contributed by atoms with Crippen LogP contribution >= 0.6 is 0 Å². The first-order valence-electron chi connectivity index (χ1n) is 8.97. The molecule has 0 atom stereocenters. The molecular formula is C20H14FN7O. The van der Waals surface area contributed by atoms with Crippen LogP contribution in [0.2, 0.25) is 0 Å². The zero-order valence-electron chi connectivity index (χ0n) is 15.1. The molecule has 0 spiro atoms. The van der Waals surface area contributed by atoms with Gasteiger partial charge in [-0.05, 0) is 24.3 Å². The fraction of sp³-hybridized carbons (Fsp3) is 0.150. The summed E-state index contributed by atoms with van der Waals surface area (Å²) >= 11 is 0. The van der Waals surface area contributed by atoms with Gasteiger partial charge in [0.05, 0.1) is 6.61 Å². The number of ether oxygens (including phenoxy) is 1. The van der Waals surface area contributed by atoms with Gasteiger partial charge in [-0.2, -0.15) is 5.26 Å². The summed E-state index contributed by atoms with van der Waals surface area (Å²) < 4.78 is 21.6. The third-order valence-corrected chi connectivity index (χ3v) is 4.89. The van der Waals surface area contributed by atoms with Gasteiger partial charge >= 0.3 is 0 Å². The number of nitrogens with zero attached hydrogens (tertiary/aromatic N) is 6. The van der Waals surface area contributed by atoms with Crippen LogP contribution in [0.1, 0.15) is 16.8 Å². The largest absolute Gasteiger partial charge is 0.493 e. The van der Waals surface area contributed by atoms with Crippen molar-refractivity contribution in [2.45, 2.75) is 13.0 Å². The molecule has 1 aromatic carbocycles. The molecule has 29 heavy (non-hydrogen) atoms. The first-order valence-corrected chi connectivity index (χ1v) is 8.97. The third-order valence-electron chi connectivity index (χ3n) is 4.89. The molecule has 0 aliphatic carbocycles. The molecule has 5 rings (SSSR count). The molecule has 0 saturated heterocycles. The summed E-state index contributed by atoms with van der Waals surface area (Å²) in [6, 6.07) is 8.50. The Labute approximate surface area is 164 Å². The molecule has 0 amide bonds. The summed E-state index contributed by atoms with van der Waals surface area (Å²) in [5, 5.41) is 20.2. The van der Waals surface area contributed by atoms with Crippen LogP contribution in [-0.2, 0) is 13.0 Å². The summed E-state index contributed by atoms with van der Waals surface area (Å²) in [5.41, 5.74) is 3.87. The topological polar surface area (TPSA) is 101 Å². The molecular weight excluding hydrogens is 373 g/mol. The summed E-state index contributed by atoms with van der Waals surface area (Å²) in [5.74, 6) is 0.947. The van der Waals surface area contributed by atoms with Crippen LogP contribution in [0.15, 0.2) is 43.0 Å². The standard InChI is InChI=1S/C20H14FN7O/c21-17-3-4-18-14(5-6-29-18)16(17)10-25-20-24-9-15(19-27-26-11-28(19)20)12-1-2-13(7-22)23-8-12/h1-4,8-9,11H,5-6,10H2,(H,24,25). The van der Waals surface area contributed by atoms with Crippen molar-refractivity contribution in [3.8, 4) is 22.9 Å². The second-order valence-electron chi connectivity index (χ2n) is 6.52. The normalized spacial score (nSPS) is 12.4. The highest BCUT2D eigenvalue weighted by Crippen LogP contribution is 2.31. The first kappa shape index (κ1) is 17.1. The van der Waals surface area contributed by atoms with Crippen LogP contribution in [0.4, 0.5) is 10.3 Å². The highest BCUT2D eigenvalue weighted by Gasteiger charge is 2.20. The van der Waals surface area contributed by atoms with Crippen LogP contribution in [0, 0.1) is 17.1 Å². The highest BCUT2D eigenvalue weighted by molar-refractivity contribution is 5.77. The number of aromatic nitrogens is 5. The van der Waals surface area contributed by atoms with Crippen LogP contribution < -0.4 is 10.1 Å². The van der Waals surface area contributed by atoms with E-state index in [2.05, 4.69) is 25.5 Å². The third kappa shape index (κ3) is 2.91. The number of nitriles is 1. The average Bonchev–Trinajstić information content (AvgIpc) is 3.43. The number of benzene rings is 1. The van der Waals surface area contributed by atoms with Gasteiger partial charge in [-0.3, -0.25) is 4.40 Å². The Bertz CT molecular complexity index is 1260. The van der Waals surface area contributed by atoms with E-state index in [0.29, 0.717) is 35.9 Å². The van der Waals surface area contributed by atoms with E-state index in [9.17, 15) is 4.39 Å². The first-order chi connectivity index (χ1) is 14.2. The van der Waals surface area contributed by atoms with E-state index in [1.54, 1.807) is 41.3 Å². The minimum absolute atomic E-state index is 0.260. The van der Waals surface area contributed by atoms with Crippen molar-refractivity contribution in [2.24, 2.45) is 0 Å². The van der Waals surface area contributed by atoms with Crippen molar-refractivity contribution in [1.82, 2.24) is 24.6 Å². The molecule has 8 nitrogen and oxygen atoms in total. The maximum atomic E-state index is 14.4. The van der Waals surface area contributed by atoms with Crippen molar-refractivity contribution in [2.75, 3.05) is 11.9 Å². The molecule has 4 heterocycles. The molecule has 3 aromatic heterocycles. The maximum Gasteiger partial charge on any atom is 0.210 e. The lowest BCUT2D eigenvalue weighted by Crippen LogP contribution is -2.09. The van der Waals surface area contributed by atoms with Crippen LogP contribution in [0.3, 0.4) is 0 Å². The molecule has 0 unspecified atom stereocenters. The van der Waals surface area contributed by atoms with Crippen molar-refractivity contribution in [3.63, 3.8) is 0 Å². The van der Waals surface area contributed by atoms with E-state index in [1.165, 1.54) is 6.07 Å². The lowest BCUT2D eigenvalue weighted by Gasteiger charge is -2.12. The lowest BCUT2D eigenvalue weighted by atomic mass is 10.0. The average molecular weight is 387 g/mol. The number of nitrogens with one attached hydrogen (secondary N) is 1. The van der Waals surface area contributed by atoms with Crippen molar-refractivity contribution >= 4 is 11.6 Å². The number of halogens is 1. The molecule has 1 N–H and O–H groups in total. The molecule has 1 aliphatic heterocycles. The van der Waals surface area contributed by atoms with Gasteiger partial charge in [0.2, 0.25) is 5.95 Å². The van der Waals surface area contributed by atoms with E-state index in [4.69, 9.17) is 10.00 Å². The molecule has 0 fully saturated rings. The predicted octanol–water partition coefficient (Wildman–Crippen LogP) is 2.74. The van der Waals surface area contributed by atoms with Crippen LogP contribution in [0.5, 0.6) is 5.75 Å². The second kappa shape index (κ2) is 6.83. The summed E-state index contributed by atoms with van der Waals surface area (Å²) in [6.07, 6.45) is 5.48. The van der Waals surface area contributed by atoms with Gasteiger partial charge in [0.25, 0.3) is 0 Å². The summed E-state index contributed by atoms with van der Waals surface area (Å²) in [6.45, 7) is 0.823. The molecule has 4 aromatic rings. The summed E-state index contributed by atoms with van der Waals surface area (Å²) in [7, 11) is 0. The van der Waals surface area contributed by atoms with Gasteiger partial charge in [-0.25, -0.2) is 14.4 Å². The Hall–Kier alpha value is -4.06. The molecule has 0 saturated carbocycles. The fourth-order valence-corrected chi connectivity index (χ4v) is 3.45. The molecule has 1 aliphatic rings. The molecule has 0 bridgehead atoms. The smallest absolute Gasteiger partial charge is 0.210 e. The number of anilines is 1. The van der Waals surface area contributed by atoms with Crippen molar-refractivity contribution in [1.29, 1.82) is 5.26 Å². The minimum Gasteiger partial charge on any atom is -0.493 e. The van der Waals surface area contributed by atoms with Crippen molar-refractivity contribution < 1.29 is 9.13 Å². The maximum absolute atomic E-state index is 14.4. The van der Waals surface area contributed by atoms with Gasteiger partial charge in [-0.1, -0.05) is 0 Å². The van der Waals surface area contributed by atoms with Gasteiger partial charge in [0.15, 0.2) is 5.65 Å². The van der Waals surface area contributed by atoms with Gasteiger partial charge < -0.3 is 10.1 Å². The number of rotatable bonds is 4. The van der Waals surface area contributed by atoms with Gasteiger partial charge in [0, 0.05) is 47.6 Å².